The zero-order valence-electron chi connectivity index (χ0n) is 14.5. The molecule has 0 radical (unpaired) electrons. The van der Waals surface area contributed by atoms with Crippen LogP contribution in [0.3, 0.4) is 0 Å². The number of halogens is 1. The van der Waals surface area contributed by atoms with Crippen molar-refractivity contribution in [1.29, 1.82) is 0 Å². The van der Waals surface area contributed by atoms with Crippen LogP contribution in [-0.2, 0) is 10.3 Å². The third kappa shape index (κ3) is 3.54. The summed E-state index contributed by atoms with van der Waals surface area (Å²) < 4.78 is 12.0. The highest BCUT2D eigenvalue weighted by molar-refractivity contribution is 9.09. The molecule has 0 fully saturated rings. The first-order valence-corrected chi connectivity index (χ1v) is 9.51. The minimum Gasteiger partial charge on any atom is -0.496 e. The van der Waals surface area contributed by atoms with Crippen molar-refractivity contribution in [3.8, 4) is 5.75 Å². The van der Waals surface area contributed by atoms with Gasteiger partial charge < -0.3 is 14.6 Å². The summed E-state index contributed by atoms with van der Waals surface area (Å²) in [6.45, 7) is 0. The van der Waals surface area contributed by atoms with E-state index in [0.29, 0.717) is 11.1 Å². The first-order valence-electron chi connectivity index (χ1n) is 8.38. The summed E-state index contributed by atoms with van der Waals surface area (Å²) in [4.78, 5) is 0. The highest BCUT2D eigenvalue weighted by atomic mass is 79.9. The van der Waals surface area contributed by atoms with Gasteiger partial charge in [0.1, 0.15) is 11.4 Å². The topological polar surface area (TPSA) is 38.7 Å². The second-order valence-electron chi connectivity index (χ2n) is 5.84. The van der Waals surface area contributed by atoms with Crippen LogP contribution in [0.2, 0.25) is 0 Å². The molecular formula is C22H21BrO3. The maximum Gasteiger partial charge on any atom is 0.166 e. The van der Waals surface area contributed by atoms with Gasteiger partial charge in [-0.1, -0.05) is 94.8 Å². The molecule has 26 heavy (non-hydrogen) atoms. The second-order valence-corrected chi connectivity index (χ2v) is 6.49. The Bertz CT molecular complexity index is 782. The van der Waals surface area contributed by atoms with E-state index in [4.69, 9.17) is 9.47 Å². The zero-order chi connectivity index (χ0) is 18.4. The average Bonchev–Trinajstić information content (AvgIpc) is 2.73. The summed E-state index contributed by atoms with van der Waals surface area (Å²) in [7, 11) is 1.64. The molecule has 0 saturated carbocycles. The Hall–Kier alpha value is -2.14. The molecule has 0 bridgehead atoms. The van der Waals surface area contributed by atoms with Crippen molar-refractivity contribution in [3.63, 3.8) is 0 Å². The molecule has 0 spiro atoms. The Kier molecular flexibility index (Phi) is 6.09. The van der Waals surface area contributed by atoms with E-state index in [2.05, 4.69) is 15.9 Å². The van der Waals surface area contributed by atoms with Gasteiger partial charge in [-0.25, -0.2) is 0 Å². The molecule has 0 aliphatic rings. The van der Waals surface area contributed by atoms with E-state index in [1.165, 1.54) is 0 Å². The van der Waals surface area contributed by atoms with Crippen molar-refractivity contribution >= 4 is 15.9 Å². The van der Waals surface area contributed by atoms with Crippen LogP contribution in [0.15, 0.2) is 84.9 Å². The van der Waals surface area contributed by atoms with E-state index < -0.39 is 11.9 Å². The minimum atomic E-state index is -1.01. The quantitative estimate of drug-likeness (QED) is 0.346. The Morgan fingerprint density at radius 3 is 1.85 bits per heavy atom. The van der Waals surface area contributed by atoms with Crippen LogP contribution in [0, 0.1) is 0 Å². The molecule has 0 saturated heterocycles. The number of benzene rings is 3. The number of para-hydroxylation sites is 1. The average molecular weight is 413 g/mol. The fourth-order valence-electron chi connectivity index (χ4n) is 3.19. The van der Waals surface area contributed by atoms with Gasteiger partial charge in [0, 0.05) is 5.56 Å². The smallest absolute Gasteiger partial charge is 0.166 e. The van der Waals surface area contributed by atoms with Gasteiger partial charge in [-0.05, 0) is 17.2 Å². The largest absolute Gasteiger partial charge is 0.496 e. The number of ether oxygens (including phenoxy) is 2. The Morgan fingerprint density at radius 2 is 1.35 bits per heavy atom. The summed E-state index contributed by atoms with van der Waals surface area (Å²) in [5.74, 6) is 0.696. The van der Waals surface area contributed by atoms with Gasteiger partial charge >= 0.3 is 0 Å². The van der Waals surface area contributed by atoms with E-state index in [1.807, 2.05) is 84.9 Å². The van der Waals surface area contributed by atoms with Crippen molar-refractivity contribution < 1.29 is 14.6 Å². The Balaban J connectivity index is 2.35. The molecule has 1 atom stereocenters. The lowest BCUT2D eigenvalue weighted by atomic mass is 9.79. The number of hydrogen-bond acceptors (Lipinski definition) is 3. The van der Waals surface area contributed by atoms with Crippen LogP contribution < -0.4 is 4.74 Å². The molecule has 1 N–H and O–H groups in total. The second kappa shape index (κ2) is 8.49. The van der Waals surface area contributed by atoms with Crippen molar-refractivity contribution in [2.45, 2.75) is 11.9 Å². The van der Waals surface area contributed by atoms with Gasteiger partial charge in [-0.15, -0.1) is 0 Å². The van der Waals surface area contributed by atoms with Crippen LogP contribution in [0.4, 0.5) is 0 Å². The zero-order valence-corrected chi connectivity index (χ0v) is 16.1. The Morgan fingerprint density at radius 1 is 0.846 bits per heavy atom. The SMILES string of the molecule is COc1ccccc1C(OC(O)CBr)(c1ccccc1)c1ccccc1. The molecule has 0 aromatic heterocycles. The Labute approximate surface area is 162 Å². The summed E-state index contributed by atoms with van der Waals surface area (Å²) in [6, 6.07) is 27.5. The van der Waals surface area contributed by atoms with Crippen molar-refractivity contribution in [2.24, 2.45) is 0 Å². The monoisotopic (exact) mass is 412 g/mol. The van der Waals surface area contributed by atoms with E-state index in [0.717, 1.165) is 16.7 Å². The summed E-state index contributed by atoms with van der Waals surface area (Å²) in [5, 5.41) is 10.7. The van der Waals surface area contributed by atoms with Gasteiger partial charge in [0.2, 0.25) is 0 Å². The lowest BCUT2D eigenvalue weighted by Crippen LogP contribution is -2.37. The standard InChI is InChI=1S/C22H21BrO3/c1-25-20-15-9-8-14-19(20)22(26-21(24)16-23,17-10-4-2-5-11-17)18-12-6-3-7-13-18/h2-15,21,24H,16H2,1H3. The molecule has 3 nitrogen and oxygen atoms in total. The highest BCUT2D eigenvalue weighted by Crippen LogP contribution is 2.44. The van der Waals surface area contributed by atoms with Crippen molar-refractivity contribution in [3.05, 3.63) is 102 Å². The predicted octanol–water partition coefficient (Wildman–Crippen LogP) is 4.72. The van der Waals surface area contributed by atoms with E-state index in [1.54, 1.807) is 7.11 Å². The van der Waals surface area contributed by atoms with Crippen LogP contribution in [0.25, 0.3) is 0 Å². The molecule has 0 amide bonds. The van der Waals surface area contributed by atoms with E-state index in [-0.39, 0.29) is 0 Å². The molecule has 0 heterocycles. The normalized spacial score (nSPS) is 12.6. The van der Waals surface area contributed by atoms with Gasteiger partial charge in [-0.2, -0.15) is 0 Å². The number of alkyl halides is 1. The molecular weight excluding hydrogens is 392 g/mol. The summed E-state index contributed by atoms with van der Waals surface area (Å²) in [5.41, 5.74) is 1.65. The number of aliphatic hydroxyl groups excluding tert-OH is 1. The molecule has 0 aliphatic heterocycles. The number of rotatable bonds is 7. The van der Waals surface area contributed by atoms with Crippen LogP contribution in [0.1, 0.15) is 16.7 Å². The lowest BCUT2D eigenvalue weighted by molar-refractivity contribution is -0.144. The fraction of sp³-hybridized carbons (Fsp3) is 0.182. The first-order chi connectivity index (χ1) is 12.7. The van der Waals surface area contributed by atoms with Crippen LogP contribution in [-0.4, -0.2) is 23.8 Å². The number of methoxy groups -OCH3 is 1. The molecule has 3 rings (SSSR count). The first kappa shape index (κ1) is 18.6. The fourth-order valence-corrected chi connectivity index (χ4v) is 3.33. The van der Waals surface area contributed by atoms with Crippen molar-refractivity contribution in [1.82, 2.24) is 0 Å². The van der Waals surface area contributed by atoms with Gasteiger partial charge in [0.15, 0.2) is 6.29 Å². The molecule has 3 aromatic rings. The maximum atomic E-state index is 10.4. The van der Waals surface area contributed by atoms with Crippen molar-refractivity contribution in [2.75, 3.05) is 12.4 Å². The van der Waals surface area contributed by atoms with E-state index in [9.17, 15) is 5.11 Å². The van der Waals surface area contributed by atoms with Crippen LogP contribution in [0.5, 0.6) is 5.75 Å². The van der Waals surface area contributed by atoms with Crippen LogP contribution >= 0.6 is 15.9 Å². The molecule has 3 aromatic carbocycles. The van der Waals surface area contributed by atoms with Gasteiger partial charge in [0.25, 0.3) is 0 Å². The molecule has 134 valence electrons. The predicted molar refractivity (Wildman–Crippen MR) is 107 cm³/mol. The lowest BCUT2D eigenvalue weighted by Gasteiger charge is -2.38. The maximum absolute atomic E-state index is 10.4. The molecule has 1 unspecified atom stereocenters. The third-order valence-corrected chi connectivity index (χ3v) is 4.85. The van der Waals surface area contributed by atoms with Gasteiger partial charge in [0.05, 0.1) is 12.4 Å². The molecule has 0 aliphatic carbocycles. The minimum absolute atomic E-state index is 0.295. The highest BCUT2D eigenvalue weighted by Gasteiger charge is 2.41. The molecule has 4 heteroatoms. The van der Waals surface area contributed by atoms with E-state index >= 15 is 0 Å². The third-order valence-electron chi connectivity index (χ3n) is 4.29. The van der Waals surface area contributed by atoms with Gasteiger partial charge in [-0.3, -0.25) is 0 Å². The summed E-state index contributed by atoms with van der Waals surface area (Å²) in [6.07, 6.45) is -1.000. The summed E-state index contributed by atoms with van der Waals surface area (Å²) >= 11 is 3.31. The number of aliphatic hydroxyl groups is 1. The number of hydrogen-bond donors (Lipinski definition) is 1.